The van der Waals surface area contributed by atoms with Gasteiger partial charge in [-0.2, -0.15) is 0 Å². The molecule has 1 heterocycles. The van der Waals surface area contributed by atoms with Crippen LogP contribution in [-0.2, 0) is 10.0 Å². The average Bonchev–Trinajstić information content (AvgIpc) is 2.68. The van der Waals surface area contributed by atoms with Crippen molar-refractivity contribution < 1.29 is 17.9 Å². The molecule has 3 rings (SSSR count). The number of ether oxygens (including phenoxy) is 1. The van der Waals surface area contributed by atoms with Gasteiger partial charge in [-0.15, -0.1) is 0 Å². The van der Waals surface area contributed by atoms with E-state index in [-0.39, 0.29) is 28.3 Å². The monoisotopic (exact) mass is 467 g/mol. The number of hydrogen-bond acceptors (Lipinski definition) is 5. The fourth-order valence-corrected chi connectivity index (χ4v) is 4.95. The highest BCUT2D eigenvalue weighted by molar-refractivity contribution is 9.10. The predicted molar refractivity (Wildman–Crippen MR) is 110 cm³/mol. The molecular weight excluding hydrogens is 446 g/mol. The van der Waals surface area contributed by atoms with Crippen LogP contribution in [0.3, 0.4) is 0 Å². The van der Waals surface area contributed by atoms with Gasteiger partial charge in [0.15, 0.2) is 0 Å². The van der Waals surface area contributed by atoms with E-state index in [2.05, 4.69) is 31.0 Å². The number of anilines is 1. The fraction of sp³-hybridized carbons (Fsp3) is 0.368. The van der Waals surface area contributed by atoms with Gasteiger partial charge in [-0.05, 0) is 37.1 Å². The summed E-state index contributed by atoms with van der Waals surface area (Å²) in [5.74, 6) is -0.0321. The molecule has 0 atom stereocenters. The average molecular weight is 468 g/mol. The fourth-order valence-electron chi connectivity index (χ4n) is 3.21. The summed E-state index contributed by atoms with van der Waals surface area (Å²) >= 11 is 3.27. The van der Waals surface area contributed by atoms with Gasteiger partial charge >= 0.3 is 0 Å². The van der Waals surface area contributed by atoms with Crippen LogP contribution in [0.2, 0.25) is 0 Å². The van der Waals surface area contributed by atoms with Gasteiger partial charge in [0.1, 0.15) is 10.6 Å². The second-order valence-corrected chi connectivity index (χ2v) is 9.24. The molecule has 0 radical (unpaired) electrons. The maximum atomic E-state index is 12.8. The summed E-state index contributed by atoms with van der Waals surface area (Å²) < 4.78 is 33.8. The van der Waals surface area contributed by atoms with E-state index in [1.165, 1.54) is 38.1 Å². The number of methoxy groups -OCH3 is 1. The highest BCUT2D eigenvalue weighted by atomic mass is 79.9. The molecule has 1 saturated carbocycles. The molecule has 1 aliphatic rings. The van der Waals surface area contributed by atoms with E-state index >= 15 is 0 Å². The van der Waals surface area contributed by atoms with Crippen molar-refractivity contribution in [2.45, 2.75) is 43.0 Å². The van der Waals surface area contributed by atoms with Gasteiger partial charge in [-0.1, -0.05) is 35.2 Å². The lowest BCUT2D eigenvalue weighted by Crippen LogP contribution is -2.36. The number of hydrogen-bond donors (Lipinski definition) is 2. The zero-order valence-electron chi connectivity index (χ0n) is 15.4. The van der Waals surface area contributed by atoms with Crippen LogP contribution in [0.5, 0.6) is 5.75 Å². The van der Waals surface area contributed by atoms with Crippen LogP contribution in [0.1, 0.15) is 42.5 Å². The van der Waals surface area contributed by atoms with E-state index in [9.17, 15) is 13.2 Å². The summed E-state index contributed by atoms with van der Waals surface area (Å²) in [5, 5.41) is 3.00. The molecule has 9 heteroatoms. The minimum atomic E-state index is -3.92. The normalized spacial score (nSPS) is 15.1. The summed E-state index contributed by atoms with van der Waals surface area (Å²) in [4.78, 5) is 16.5. The maximum absolute atomic E-state index is 12.8. The van der Waals surface area contributed by atoms with E-state index in [0.29, 0.717) is 10.0 Å². The number of amides is 1. The van der Waals surface area contributed by atoms with Crippen molar-refractivity contribution in [3.8, 4) is 5.75 Å². The summed E-state index contributed by atoms with van der Waals surface area (Å²) in [6, 6.07) is 6.34. The number of carbonyl (C=O) groups is 1. The van der Waals surface area contributed by atoms with Gasteiger partial charge in [0.05, 0.1) is 24.6 Å². The smallest absolute Gasteiger partial charge is 0.265 e. The second kappa shape index (κ2) is 8.91. The Hall–Kier alpha value is -2.13. The molecule has 28 heavy (non-hydrogen) atoms. The minimum Gasteiger partial charge on any atom is -0.495 e. The molecule has 0 aliphatic heterocycles. The summed E-state index contributed by atoms with van der Waals surface area (Å²) in [7, 11) is -2.52. The lowest BCUT2D eigenvalue weighted by Gasteiger charge is -2.22. The molecule has 1 aromatic carbocycles. The molecule has 1 fully saturated rings. The lowest BCUT2D eigenvalue weighted by molar-refractivity contribution is 0.0927. The van der Waals surface area contributed by atoms with Crippen LogP contribution in [0.25, 0.3) is 0 Å². The first-order chi connectivity index (χ1) is 13.4. The number of sulfonamides is 1. The SMILES string of the molecule is COc1ccc(Br)cc1S(=O)(=O)Nc1cncc(C(=O)NC2CCCCC2)c1. The number of nitrogens with zero attached hydrogens (tertiary/aromatic N) is 1. The van der Waals surface area contributed by atoms with Crippen LogP contribution >= 0.6 is 15.9 Å². The molecule has 2 aromatic rings. The number of halogens is 1. The standard InChI is InChI=1S/C19H22BrN3O4S/c1-27-17-8-7-14(20)10-18(17)28(25,26)23-16-9-13(11-21-12-16)19(24)22-15-5-3-2-4-6-15/h7-12,15,23H,2-6H2,1H3,(H,22,24). The Bertz CT molecular complexity index is 959. The van der Waals surface area contributed by atoms with E-state index in [1.54, 1.807) is 12.1 Å². The van der Waals surface area contributed by atoms with E-state index < -0.39 is 10.0 Å². The van der Waals surface area contributed by atoms with Crippen molar-refractivity contribution in [1.82, 2.24) is 10.3 Å². The molecule has 1 aromatic heterocycles. The summed E-state index contributed by atoms with van der Waals surface area (Å²) in [6.45, 7) is 0. The van der Waals surface area contributed by atoms with Gasteiger partial charge < -0.3 is 10.1 Å². The first kappa shape index (κ1) is 20.6. The molecule has 0 spiro atoms. The number of nitrogens with one attached hydrogen (secondary N) is 2. The molecule has 0 bridgehead atoms. The third-order valence-corrected chi connectivity index (χ3v) is 6.50. The molecule has 0 unspecified atom stereocenters. The molecule has 0 saturated heterocycles. The predicted octanol–water partition coefficient (Wildman–Crippen LogP) is 3.72. The summed E-state index contributed by atoms with van der Waals surface area (Å²) in [5.41, 5.74) is 0.519. The Kier molecular flexibility index (Phi) is 6.56. The number of benzene rings is 1. The largest absolute Gasteiger partial charge is 0.495 e. The first-order valence-corrected chi connectivity index (χ1v) is 11.3. The van der Waals surface area contributed by atoms with E-state index in [0.717, 1.165) is 25.7 Å². The zero-order chi connectivity index (χ0) is 20.1. The third kappa shape index (κ3) is 5.02. The van der Waals surface area contributed by atoms with Crippen LogP contribution in [-0.4, -0.2) is 32.5 Å². The number of rotatable bonds is 6. The Morgan fingerprint density at radius 3 is 2.64 bits per heavy atom. The van der Waals surface area contributed by atoms with Crippen LogP contribution in [0, 0.1) is 0 Å². The molecule has 1 amide bonds. The van der Waals surface area contributed by atoms with Gasteiger partial charge in [-0.3, -0.25) is 14.5 Å². The highest BCUT2D eigenvalue weighted by Crippen LogP contribution is 2.29. The number of pyridine rings is 1. The van der Waals surface area contributed by atoms with Crippen LogP contribution in [0.15, 0.2) is 46.0 Å². The molecule has 2 N–H and O–H groups in total. The topological polar surface area (TPSA) is 97.4 Å². The van der Waals surface area contributed by atoms with Crippen molar-refractivity contribution >= 4 is 37.5 Å². The van der Waals surface area contributed by atoms with Gasteiger partial charge in [0, 0.05) is 16.7 Å². The van der Waals surface area contributed by atoms with E-state index in [4.69, 9.17) is 4.74 Å². The van der Waals surface area contributed by atoms with Crippen molar-refractivity contribution in [2.75, 3.05) is 11.8 Å². The molecule has 7 nitrogen and oxygen atoms in total. The number of carbonyl (C=O) groups excluding carboxylic acids is 1. The zero-order valence-corrected chi connectivity index (χ0v) is 17.8. The summed E-state index contributed by atoms with van der Waals surface area (Å²) in [6.07, 6.45) is 8.14. The number of aromatic nitrogens is 1. The highest BCUT2D eigenvalue weighted by Gasteiger charge is 2.21. The molecule has 1 aliphatic carbocycles. The minimum absolute atomic E-state index is 0.0126. The van der Waals surface area contributed by atoms with Crippen molar-refractivity contribution in [3.63, 3.8) is 0 Å². The lowest BCUT2D eigenvalue weighted by atomic mass is 9.95. The maximum Gasteiger partial charge on any atom is 0.265 e. The Labute approximate surface area is 173 Å². The van der Waals surface area contributed by atoms with Crippen molar-refractivity contribution in [2.24, 2.45) is 0 Å². The first-order valence-electron chi connectivity index (χ1n) is 9.01. The molecular formula is C19H22BrN3O4S. The van der Waals surface area contributed by atoms with Crippen molar-refractivity contribution in [3.05, 3.63) is 46.7 Å². The Morgan fingerprint density at radius 1 is 1.18 bits per heavy atom. The van der Waals surface area contributed by atoms with Crippen LogP contribution in [0.4, 0.5) is 5.69 Å². The van der Waals surface area contributed by atoms with Crippen molar-refractivity contribution in [1.29, 1.82) is 0 Å². The van der Waals surface area contributed by atoms with Gasteiger partial charge in [-0.25, -0.2) is 8.42 Å². The van der Waals surface area contributed by atoms with Gasteiger partial charge in [0.25, 0.3) is 15.9 Å². The third-order valence-electron chi connectivity index (χ3n) is 4.61. The van der Waals surface area contributed by atoms with Crippen LogP contribution < -0.4 is 14.8 Å². The molecule has 150 valence electrons. The van der Waals surface area contributed by atoms with Gasteiger partial charge in [0.2, 0.25) is 0 Å². The van der Waals surface area contributed by atoms with E-state index in [1.807, 2.05) is 0 Å². The Morgan fingerprint density at radius 2 is 1.93 bits per heavy atom. The quantitative estimate of drug-likeness (QED) is 0.674. The Balaban J connectivity index is 1.78. The second-order valence-electron chi connectivity index (χ2n) is 6.67.